The number of nitrogens with zero attached hydrogens (tertiary/aromatic N) is 1. The SMILES string of the molecule is O=C1CC(CS(=O)(=O)F)CN1c1cc(OC(F)(F)F)ccc1Br. The quantitative estimate of drug-likeness (QED) is 0.555. The van der Waals surface area contributed by atoms with Crippen molar-refractivity contribution >= 4 is 37.7 Å². The van der Waals surface area contributed by atoms with Crippen LogP contribution >= 0.6 is 15.9 Å². The summed E-state index contributed by atoms with van der Waals surface area (Å²) in [6.45, 7) is -0.115. The van der Waals surface area contributed by atoms with Gasteiger partial charge < -0.3 is 9.64 Å². The molecule has 0 saturated carbocycles. The van der Waals surface area contributed by atoms with E-state index in [1.807, 2.05) is 0 Å². The van der Waals surface area contributed by atoms with Crippen LogP contribution < -0.4 is 9.64 Å². The number of carbonyl (C=O) groups is 1. The first-order chi connectivity index (χ1) is 10.4. The van der Waals surface area contributed by atoms with Gasteiger partial charge in [-0.2, -0.15) is 8.42 Å². The molecule has 23 heavy (non-hydrogen) atoms. The van der Waals surface area contributed by atoms with Crippen LogP contribution in [-0.4, -0.2) is 33.0 Å². The van der Waals surface area contributed by atoms with E-state index in [9.17, 15) is 30.3 Å². The Morgan fingerprint density at radius 1 is 1.35 bits per heavy atom. The van der Waals surface area contributed by atoms with Crippen molar-refractivity contribution < 1.29 is 35.0 Å². The molecule has 1 fully saturated rings. The molecule has 0 aromatic heterocycles. The molecule has 1 aromatic carbocycles. The summed E-state index contributed by atoms with van der Waals surface area (Å²) < 4.78 is 74.9. The van der Waals surface area contributed by atoms with E-state index in [1.165, 1.54) is 6.07 Å². The lowest BCUT2D eigenvalue weighted by molar-refractivity contribution is -0.274. The van der Waals surface area contributed by atoms with Gasteiger partial charge in [-0.25, -0.2) is 0 Å². The van der Waals surface area contributed by atoms with E-state index in [0.717, 1.165) is 17.0 Å². The summed E-state index contributed by atoms with van der Waals surface area (Å²) in [5.41, 5.74) is 0.0931. The third-order valence-corrected chi connectivity index (χ3v) is 4.62. The molecule has 0 spiro atoms. The zero-order chi connectivity index (χ0) is 17.4. The van der Waals surface area contributed by atoms with Crippen LogP contribution in [0.2, 0.25) is 0 Å². The number of carbonyl (C=O) groups excluding carboxylic acids is 1. The summed E-state index contributed by atoms with van der Waals surface area (Å²) in [4.78, 5) is 13.0. The number of benzene rings is 1. The number of amides is 1. The van der Waals surface area contributed by atoms with Crippen molar-refractivity contribution in [1.82, 2.24) is 0 Å². The van der Waals surface area contributed by atoms with Crippen LogP contribution in [0.25, 0.3) is 0 Å². The molecule has 1 aliphatic rings. The molecule has 1 atom stereocenters. The van der Waals surface area contributed by atoms with Gasteiger partial charge >= 0.3 is 16.6 Å². The van der Waals surface area contributed by atoms with Gasteiger partial charge in [-0.05, 0) is 28.1 Å². The van der Waals surface area contributed by atoms with E-state index in [1.54, 1.807) is 0 Å². The maximum atomic E-state index is 12.7. The highest BCUT2D eigenvalue weighted by molar-refractivity contribution is 9.10. The fourth-order valence-electron chi connectivity index (χ4n) is 2.30. The Labute approximate surface area is 137 Å². The second kappa shape index (κ2) is 6.27. The monoisotopic (exact) mass is 419 g/mol. The third-order valence-electron chi connectivity index (χ3n) is 3.08. The number of alkyl halides is 3. The second-order valence-electron chi connectivity index (χ2n) is 4.94. The maximum absolute atomic E-state index is 12.7. The summed E-state index contributed by atoms with van der Waals surface area (Å²) in [5, 5.41) is 0. The predicted molar refractivity (Wildman–Crippen MR) is 76.2 cm³/mol. The Kier molecular flexibility index (Phi) is 4.90. The summed E-state index contributed by atoms with van der Waals surface area (Å²) in [5.74, 6) is -2.61. The lowest BCUT2D eigenvalue weighted by Crippen LogP contribution is -2.26. The number of halogens is 5. The highest BCUT2D eigenvalue weighted by Gasteiger charge is 2.35. The Morgan fingerprint density at radius 3 is 2.57 bits per heavy atom. The highest BCUT2D eigenvalue weighted by atomic mass is 79.9. The first kappa shape index (κ1) is 18.0. The minimum atomic E-state index is -4.88. The number of hydrogen-bond donors (Lipinski definition) is 0. The normalized spacial score (nSPS) is 19.3. The minimum absolute atomic E-state index is 0.0931. The van der Waals surface area contributed by atoms with Gasteiger partial charge in [0.25, 0.3) is 0 Å². The molecule has 2 rings (SSSR count). The summed E-state index contributed by atoms with van der Waals surface area (Å²) in [6.07, 6.45) is -5.09. The summed E-state index contributed by atoms with van der Waals surface area (Å²) in [7, 11) is -4.74. The van der Waals surface area contributed by atoms with Gasteiger partial charge in [0.05, 0.1) is 11.4 Å². The van der Waals surface area contributed by atoms with E-state index in [0.29, 0.717) is 4.47 Å². The molecule has 1 aromatic rings. The Morgan fingerprint density at radius 2 is 2.00 bits per heavy atom. The molecule has 11 heteroatoms. The van der Waals surface area contributed by atoms with Gasteiger partial charge in [0.15, 0.2) is 0 Å². The molecular weight excluding hydrogens is 410 g/mol. The van der Waals surface area contributed by atoms with Crippen molar-refractivity contribution in [2.24, 2.45) is 5.92 Å². The maximum Gasteiger partial charge on any atom is 0.573 e. The van der Waals surface area contributed by atoms with Gasteiger partial charge in [0, 0.05) is 29.4 Å². The van der Waals surface area contributed by atoms with Crippen LogP contribution in [-0.2, 0) is 15.0 Å². The van der Waals surface area contributed by atoms with Crippen LogP contribution in [0.4, 0.5) is 22.7 Å². The number of rotatable bonds is 4. The number of anilines is 1. The van der Waals surface area contributed by atoms with Gasteiger partial charge in [-0.3, -0.25) is 4.79 Å². The topological polar surface area (TPSA) is 63.7 Å². The molecule has 1 amide bonds. The fourth-order valence-corrected chi connectivity index (χ4v) is 3.55. The Hall–Kier alpha value is -1.36. The Balaban J connectivity index is 2.24. The molecule has 5 nitrogen and oxygen atoms in total. The zero-order valence-corrected chi connectivity index (χ0v) is 13.7. The number of ether oxygens (including phenoxy) is 1. The van der Waals surface area contributed by atoms with Crippen molar-refractivity contribution in [2.45, 2.75) is 12.8 Å². The Bertz CT molecular complexity index is 722. The predicted octanol–water partition coefficient (Wildman–Crippen LogP) is 3.00. The van der Waals surface area contributed by atoms with Crippen LogP contribution in [0.15, 0.2) is 22.7 Å². The molecule has 0 N–H and O–H groups in total. The van der Waals surface area contributed by atoms with Crippen molar-refractivity contribution in [3.63, 3.8) is 0 Å². The lowest BCUT2D eigenvalue weighted by Gasteiger charge is -2.19. The first-order valence-corrected chi connectivity index (χ1v) is 8.57. The van der Waals surface area contributed by atoms with Gasteiger partial charge in [-0.15, -0.1) is 17.1 Å². The average Bonchev–Trinajstić information content (AvgIpc) is 2.68. The molecule has 0 bridgehead atoms. The molecule has 0 radical (unpaired) electrons. The number of hydrogen-bond acceptors (Lipinski definition) is 4. The lowest BCUT2D eigenvalue weighted by atomic mass is 10.1. The molecule has 1 saturated heterocycles. The van der Waals surface area contributed by atoms with Crippen molar-refractivity contribution in [3.05, 3.63) is 22.7 Å². The zero-order valence-electron chi connectivity index (χ0n) is 11.3. The van der Waals surface area contributed by atoms with Crippen molar-refractivity contribution in [3.8, 4) is 5.75 Å². The highest BCUT2D eigenvalue weighted by Crippen LogP contribution is 2.36. The van der Waals surface area contributed by atoms with E-state index in [-0.39, 0.29) is 18.7 Å². The molecule has 1 unspecified atom stereocenters. The van der Waals surface area contributed by atoms with Crippen LogP contribution in [0, 0.1) is 5.92 Å². The molecule has 1 heterocycles. The summed E-state index contributed by atoms with van der Waals surface area (Å²) in [6, 6.07) is 3.33. The van der Waals surface area contributed by atoms with Gasteiger partial charge in [0.1, 0.15) is 5.75 Å². The van der Waals surface area contributed by atoms with E-state index >= 15 is 0 Å². The van der Waals surface area contributed by atoms with E-state index in [4.69, 9.17) is 0 Å². The van der Waals surface area contributed by atoms with Crippen molar-refractivity contribution in [2.75, 3.05) is 17.2 Å². The third kappa shape index (κ3) is 5.06. The average molecular weight is 420 g/mol. The van der Waals surface area contributed by atoms with E-state index in [2.05, 4.69) is 20.7 Å². The van der Waals surface area contributed by atoms with E-state index < -0.39 is 39.9 Å². The summed E-state index contributed by atoms with van der Waals surface area (Å²) >= 11 is 3.11. The van der Waals surface area contributed by atoms with Crippen LogP contribution in [0.1, 0.15) is 6.42 Å². The molecule has 128 valence electrons. The fraction of sp³-hybridized carbons (Fsp3) is 0.417. The first-order valence-electron chi connectivity index (χ1n) is 6.22. The second-order valence-corrected chi connectivity index (χ2v) is 7.21. The largest absolute Gasteiger partial charge is 0.573 e. The molecular formula is C12H10BrF4NO4S. The minimum Gasteiger partial charge on any atom is -0.406 e. The molecule has 0 aliphatic carbocycles. The smallest absolute Gasteiger partial charge is 0.406 e. The van der Waals surface area contributed by atoms with Crippen LogP contribution in [0.3, 0.4) is 0 Å². The molecule has 1 aliphatic heterocycles. The standard InChI is InChI=1S/C12H10BrF4NO4S/c13-9-2-1-8(22-12(14,15)16)4-10(9)18-5-7(3-11(18)19)6-23(17,20)21/h1-2,4,7H,3,5-6H2. The van der Waals surface area contributed by atoms with Crippen molar-refractivity contribution in [1.29, 1.82) is 0 Å². The van der Waals surface area contributed by atoms with Gasteiger partial charge in [-0.1, -0.05) is 0 Å². The van der Waals surface area contributed by atoms with Crippen LogP contribution in [0.5, 0.6) is 5.75 Å². The van der Waals surface area contributed by atoms with Gasteiger partial charge in [0.2, 0.25) is 5.91 Å².